The van der Waals surface area contributed by atoms with E-state index in [9.17, 15) is 14.4 Å². The van der Waals surface area contributed by atoms with Crippen molar-refractivity contribution in [3.63, 3.8) is 0 Å². The summed E-state index contributed by atoms with van der Waals surface area (Å²) in [5, 5.41) is 2.12. The van der Waals surface area contributed by atoms with Crippen LogP contribution in [0.15, 0.2) is 52.1 Å². The lowest BCUT2D eigenvalue weighted by atomic mass is 9.95. The van der Waals surface area contributed by atoms with E-state index >= 15 is 0 Å². The Hall–Kier alpha value is -3.15. The lowest BCUT2D eigenvalue weighted by molar-refractivity contribution is -0.141. The zero-order valence-corrected chi connectivity index (χ0v) is 15.6. The van der Waals surface area contributed by atoms with E-state index in [0.29, 0.717) is 17.7 Å². The molecule has 0 atom stereocenters. The first-order valence-electron chi connectivity index (χ1n) is 8.81. The first-order valence-corrected chi connectivity index (χ1v) is 8.81. The van der Waals surface area contributed by atoms with Gasteiger partial charge in [-0.05, 0) is 22.3 Å². The van der Waals surface area contributed by atoms with Crippen LogP contribution in [-0.4, -0.2) is 22.6 Å². The van der Waals surface area contributed by atoms with Gasteiger partial charge in [0, 0.05) is 17.7 Å². The van der Waals surface area contributed by atoms with Crippen LogP contribution in [-0.2, 0) is 22.5 Å². The minimum Gasteiger partial charge on any atom is -0.468 e. The molecular formula is C21H22N2O4. The van der Waals surface area contributed by atoms with E-state index in [0.717, 1.165) is 16.3 Å². The number of nitrogens with one attached hydrogen (secondary N) is 1. The van der Waals surface area contributed by atoms with Gasteiger partial charge in [-0.1, -0.05) is 56.3 Å². The standard InChI is InChI=1S/C21H22N2O4/c1-13(2)19-17(23(12-18(24)27-3)21(26)22-20(19)25)11-15-9-6-8-14-7-4-5-10-16(14)15/h4-10,13H,11-12H2,1-3H3,(H,22,25,26). The number of benzene rings is 2. The Morgan fingerprint density at radius 3 is 2.52 bits per heavy atom. The highest BCUT2D eigenvalue weighted by Gasteiger charge is 2.20. The molecular weight excluding hydrogens is 344 g/mol. The van der Waals surface area contributed by atoms with Gasteiger partial charge in [-0.2, -0.15) is 0 Å². The smallest absolute Gasteiger partial charge is 0.329 e. The highest BCUT2D eigenvalue weighted by atomic mass is 16.5. The van der Waals surface area contributed by atoms with Crippen molar-refractivity contribution in [1.82, 2.24) is 9.55 Å². The quantitative estimate of drug-likeness (QED) is 0.704. The average molecular weight is 366 g/mol. The van der Waals surface area contributed by atoms with Crippen molar-refractivity contribution in [3.8, 4) is 0 Å². The summed E-state index contributed by atoms with van der Waals surface area (Å²) in [5.41, 5.74) is 1.02. The molecule has 0 aliphatic heterocycles. The molecule has 140 valence electrons. The fourth-order valence-corrected chi connectivity index (χ4v) is 3.40. The molecule has 3 aromatic rings. The van der Waals surface area contributed by atoms with E-state index in [2.05, 4.69) is 4.98 Å². The van der Waals surface area contributed by atoms with Crippen molar-refractivity contribution in [2.24, 2.45) is 0 Å². The van der Waals surface area contributed by atoms with Crippen LogP contribution in [0.2, 0.25) is 0 Å². The molecule has 0 radical (unpaired) electrons. The number of hydrogen-bond donors (Lipinski definition) is 1. The number of carbonyl (C=O) groups excluding carboxylic acids is 1. The Morgan fingerprint density at radius 2 is 1.81 bits per heavy atom. The predicted molar refractivity (Wildman–Crippen MR) is 104 cm³/mol. The summed E-state index contributed by atoms with van der Waals surface area (Å²) < 4.78 is 6.03. The lowest BCUT2D eigenvalue weighted by Gasteiger charge is -2.18. The summed E-state index contributed by atoms with van der Waals surface area (Å²) >= 11 is 0. The van der Waals surface area contributed by atoms with Gasteiger partial charge in [0.1, 0.15) is 6.54 Å². The Morgan fingerprint density at radius 1 is 1.11 bits per heavy atom. The molecule has 1 N–H and O–H groups in total. The lowest BCUT2D eigenvalue weighted by Crippen LogP contribution is -2.38. The van der Waals surface area contributed by atoms with Gasteiger partial charge in [0.15, 0.2) is 0 Å². The summed E-state index contributed by atoms with van der Waals surface area (Å²) in [6, 6.07) is 13.9. The maximum absolute atomic E-state index is 12.5. The van der Waals surface area contributed by atoms with E-state index in [4.69, 9.17) is 4.74 Å². The second-order valence-electron chi connectivity index (χ2n) is 6.75. The molecule has 0 aliphatic rings. The minimum atomic E-state index is -0.606. The van der Waals surface area contributed by atoms with Gasteiger partial charge < -0.3 is 4.74 Å². The summed E-state index contributed by atoms with van der Waals surface area (Å²) in [4.78, 5) is 39.1. The predicted octanol–water partition coefficient (Wildman–Crippen LogP) is 2.58. The average Bonchev–Trinajstić information content (AvgIpc) is 2.64. The fourth-order valence-electron chi connectivity index (χ4n) is 3.40. The Balaban J connectivity index is 2.24. The molecule has 1 heterocycles. The summed E-state index contributed by atoms with van der Waals surface area (Å²) in [5.74, 6) is -0.652. The van der Waals surface area contributed by atoms with Crippen molar-refractivity contribution in [1.29, 1.82) is 0 Å². The number of ether oxygens (including phenoxy) is 1. The molecule has 1 aromatic heterocycles. The van der Waals surface area contributed by atoms with E-state index in [-0.39, 0.29) is 12.5 Å². The Labute approximate surface area is 156 Å². The number of carbonyl (C=O) groups is 1. The Bertz CT molecular complexity index is 1100. The van der Waals surface area contributed by atoms with Crippen LogP contribution in [0.1, 0.15) is 36.6 Å². The molecule has 0 amide bonds. The zero-order valence-electron chi connectivity index (χ0n) is 15.6. The van der Waals surface area contributed by atoms with Gasteiger partial charge in [-0.15, -0.1) is 0 Å². The number of methoxy groups -OCH3 is 1. The molecule has 0 unspecified atom stereocenters. The minimum absolute atomic E-state index is 0.108. The highest BCUT2D eigenvalue weighted by molar-refractivity contribution is 5.85. The van der Waals surface area contributed by atoms with Gasteiger partial charge in [-0.3, -0.25) is 19.1 Å². The van der Waals surface area contributed by atoms with E-state index in [1.54, 1.807) is 0 Å². The third kappa shape index (κ3) is 3.69. The largest absolute Gasteiger partial charge is 0.468 e. The van der Waals surface area contributed by atoms with Gasteiger partial charge >= 0.3 is 11.7 Å². The molecule has 0 aliphatic carbocycles. The maximum atomic E-state index is 12.5. The zero-order chi connectivity index (χ0) is 19.6. The molecule has 2 aromatic carbocycles. The van der Waals surface area contributed by atoms with Crippen molar-refractivity contribution >= 4 is 16.7 Å². The fraction of sp³-hybridized carbons (Fsp3) is 0.286. The van der Waals surface area contributed by atoms with Gasteiger partial charge in [0.25, 0.3) is 5.56 Å². The SMILES string of the molecule is COC(=O)Cn1c(Cc2cccc3ccccc23)c(C(C)C)c(=O)[nH]c1=O. The number of aromatic amines is 1. The van der Waals surface area contributed by atoms with Crippen molar-refractivity contribution < 1.29 is 9.53 Å². The summed E-state index contributed by atoms with van der Waals surface area (Å²) in [7, 11) is 1.27. The van der Waals surface area contributed by atoms with Gasteiger partial charge in [0.05, 0.1) is 7.11 Å². The maximum Gasteiger partial charge on any atom is 0.329 e. The van der Waals surface area contributed by atoms with Crippen molar-refractivity contribution in [2.75, 3.05) is 7.11 Å². The topological polar surface area (TPSA) is 81.2 Å². The number of esters is 1. The van der Waals surface area contributed by atoms with E-state index in [1.807, 2.05) is 56.3 Å². The van der Waals surface area contributed by atoms with Crippen molar-refractivity contribution in [2.45, 2.75) is 32.7 Å². The summed E-state index contributed by atoms with van der Waals surface area (Å²) in [6.45, 7) is 3.54. The molecule has 0 fully saturated rings. The molecule has 6 nitrogen and oxygen atoms in total. The van der Waals surface area contributed by atoms with Crippen molar-refractivity contribution in [3.05, 3.63) is 80.1 Å². The monoisotopic (exact) mass is 366 g/mol. The molecule has 0 spiro atoms. The van der Waals surface area contributed by atoms with Crippen LogP contribution >= 0.6 is 0 Å². The van der Waals surface area contributed by atoms with Crippen LogP contribution in [0.5, 0.6) is 0 Å². The molecule has 3 rings (SSSR count). The number of H-pyrrole nitrogens is 1. The third-order valence-corrected chi connectivity index (χ3v) is 4.68. The van der Waals surface area contributed by atoms with Crippen LogP contribution in [0.4, 0.5) is 0 Å². The van der Waals surface area contributed by atoms with Gasteiger partial charge in [-0.25, -0.2) is 4.79 Å². The Kier molecular flexibility index (Phi) is 5.26. The molecule has 0 saturated carbocycles. The number of aromatic nitrogens is 2. The first kappa shape index (κ1) is 18.6. The first-order chi connectivity index (χ1) is 12.9. The number of fused-ring (bicyclic) bond motifs is 1. The second-order valence-corrected chi connectivity index (χ2v) is 6.75. The highest BCUT2D eigenvalue weighted by Crippen LogP contribution is 2.23. The van der Waals surface area contributed by atoms with Crippen LogP contribution < -0.4 is 11.2 Å². The number of hydrogen-bond acceptors (Lipinski definition) is 4. The molecule has 0 saturated heterocycles. The molecule has 0 bridgehead atoms. The van der Waals surface area contributed by atoms with E-state index < -0.39 is 17.2 Å². The van der Waals surface area contributed by atoms with Crippen LogP contribution in [0.3, 0.4) is 0 Å². The number of nitrogens with zero attached hydrogens (tertiary/aromatic N) is 1. The molecule has 27 heavy (non-hydrogen) atoms. The van der Waals surface area contributed by atoms with Crippen LogP contribution in [0.25, 0.3) is 10.8 Å². The normalized spacial score (nSPS) is 11.1. The van der Waals surface area contributed by atoms with Crippen LogP contribution in [0, 0.1) is 0 Å². The molecule has 6 heteroatoms. The second kappa shape index (κ2) is 7.61. The number of rotatable bonds is 5. The summed E-state index contributed by atoms with van der Waals surface area (Å²) in [6.07, 6.45) is 0.366. The van der Waals surface area contributed by atoms with Gasteiger partial charge in [0.2, 0.25) is 0 Å². The third-order valence-electron chi connectivity index (χ3n) is 4.68. The van der Waals surface area contributed by atoms with E-state index in [1.165, 1.54) is 11.7 Å².